The molecule has 16 aliphatic carbocycles. The molecule has 0 N–H and O–H groups in total. The number of hydrogen-bond acceptors (Lipinski definition) is 16. The van der Waals surface area contributed by atoms with Gasteiger partial charge in [-0.3, -0.25) is 38.4 Å². The Morgan fingerprint density at radius 3 is 0.594 bits per heavy atom. The summed E-state index contributed by atoms with van der Waals surface area (Å²) in [4.78, 5) is 111. The maximum absolute atomic E-state index is 13.9. The number of esters is 8. The van der Waals surface area contributed by atoms with Crippen LogP contribution in [0.5, 0.6) is 0 Å². The fourth-order valence-corrected chi connectivity index (χ4v) is 38.8. The van der Waals surface area contributed by atoms with Gasteiger partial charge in [0.05, 0.1) is 0 Å². The molecule has 20 rings (SSSR count). The van der Waals surface area contributed by atoms with Crippen LogP contribution in [-0.2, 0) is 76.3 Å². The molecule has 4 aliphatic heterocycles. The molecule has 16 saturated carbocycles. The number of carbonyl (C=O) groups excluding carboxylic acids is 8. The van der Waals surface area contributed by atoms with Crippen LogP contribution >= 0.6 is 0 Å². The molecule has 0 aromatic carbocycles. The molecule has 16 fully saturated rings. The first-order chi connectivity index (χ1) is 61.2. The molecule has 0 unspecified atom stereocenters. The first kappa shape index (κ1) is 92.3. The van der Waals surface area contributed by atoms with Crippen LogP contribution < -0.4 is 0 Å². The van der Waals surface area contributed by atoms with Crippen LogP contribution in [0, 0.1) is 185 Å². The fourth-order valence-electron chi connectivity index (χ4n) is 38.8. The molecule has 16 nitrogen and oxygen atoms in total. The van der Waals surface area contributed by atoms with E-state index in [-0.39, 0.29) is 140 Å². The second-order valence-electron chi connectivity index (χ2n) is 50.6. The molecule has 128 heavy (non-hydrogen) atoms. The summed E-state index contributed by atoms with van der Waals surface area (Å²) in [5, 5.41) is 0. The van der Waals surface area contributed by atoms with E-state index in [1.807, 2.05) is 0 Å². The van der Waals surface area contributed by atoms with Crippen molar-refractivity contribution in [3.8, 4) is 0 Å². The summed E-state index contributed by atoms with van der Waals surface area (Å²) in [5.74, 6) is 9.46. The quantitative estimate of drug-likeness (QED) is 0.125. The summed E-state index contributed by atoms with van der Waals surface area (Å²) >= 11 is 0. The Kier molecular flexibility index (Phi) is 26.0. The van der Waals surface area contributed by atoms with Crippen molar-refractivity contribution in [2.24, 2.45) is 185 Å². The molecule has 0 aromatic heterocycles. The molecule has 28 bridgehead atoms. The highest BCUT2D eigenvalue weighted by atomic mass is 16.6. The highest BCUT2D eigenvalue weighted by Gasteiger charge is 2.70. The highest BCUT2D eigenvalue weighted by molar-refractivity contribution is 5.73. The highest BCUT2D eigenvalue weighted by Crippen LogP contribution is 2.75. The molecule has 0 spiro atoms. The number of carbonyl (C=O) groups is 8. The third-order valence-electron chi connectivity index (χ3n) is 45.4. The maximum atomic E-state index is 13.9. The Balaban J connectivity index is 0.000000167. The van der Waals surface area contributed by atoms with Crippen molar-refractivity contribution in [3.63, 3.8) is 0 Å². The maximum Gasteiger partial charge on any atom is 0.306 e. The normalized spacial score (nSPS) is 52.7. The van der Waals surface area contributed by atoms with E-state index in [1.165, 1.54) is 51.4 Å². The van der Waals surface area contributed by atoms with Gasteiger partial charge in [-0.1, -0.05) is 107 Å². The zero-order chi connectivity index (χ0) is 89.5. The van der Waals surface area contributed by atoms with Gasteiger partial charge in [-0.05, 0) is 419 Å². The number of hydrogen-bond donors (Lipinski definition) is 0. The summed E-state index contributed by atoms with van der Waals surface area (Å²) in [6, 6.07) is 0. The zero-order valence-corrected chi connectivity index (χ0v) is 81.3. The SMILES string of the molecule is C[C@@H]1CCC(=O)O[C@@H]2CC[C@@]3(C)[C@@H](C2)C[C@H]2OC(=O)CC/C=C\CCC(=O)O[C@@H]4C[C@@H]5C[C@@H](CC[C@]5(C)[C@H]5CC[C@]6(C)[C@@H]1CC[C@H]6[C@H]45)OC(=O)CC[C@@H](C)[C@H]1CC[C@H]4[C@H]2[C@@H]3CC[C@]14C.C[C@@H]1CCC(=O)O[C@@H]2CC[C@@]3(C)[C@@H](C2)C[C@H]2OC(=O)CC/C=C\CCC(=O)O[C@@H]4C[C@@H]5C[C@@H](CC[C@]5(C)[C@H]5CC[C@]6(C)[C@@H]1CC[C@H]6[C@H]45)OC(=O)CC[C@@H](C)[C@H]1CC[C@H]4[C@H]2[C@@H]3CC[C@]14C. The van der Waals surface area contributed by atoms with Crippen LogP contribution in [0.25, 0.3) is 0 Å². The molecule has 4 heterocycles. The van der Waals surface area contributed by atoms with Crippen molar-refractivity contribution in [2.45, 2.75) is 440 Å². The van der Waals surface area contributed by atoms with Gasteiger partial charge in [0.2, 0.25) is 0 Å². The topological polar surface area (TPSA) is 210 Å². The van der Waals surface area contributed by atoms with Crippen LogP contribution in [0.4, 0.5) is 0 Å². The summed E-state index contributed by atoms with van der Waals surface area (Å²) in [5.41, 5.74) is 1.04. The van der Waals surface area contributed by atoms with Crippen molar-refractivity contribution in [1.82, 2.24) is 0 Å². The van der Waals surface area contributed by atoms with E-state index < -0.39 is 0 Å². The van der Waals surface area contributed by atoms with Gasteiger partial charge in [-0.15, -0.1) is 0 Å². The van der Waals surface area contributed by atoms with Crippen molar-refractivity contribution >= 4 is 47.8 Å². The van der Waals surface area contributed by atoms with Gasteiger partial charge in [-0.2, -0.15) is 0 Å². The van der Waals surface area contributed by atoms with Crippen molar-refractivity contribution in [3.05, 3.63) is 24.3 Å². The molecule has 40 atom stereocenters. The molecule has 0 saturated heterocycles. The van der Waals surface area contributed by atoms with Crippen LogP contribution in [-0.4, -0.2) is 96.6 Å². The third kappa shape index (κ3) is 16.6. The molecule has 20 aliphatic rings. The fraction of sp³-hybridized carbons (Fsp3) is 0.893. The standard InChI is InChI=1S/2C56H84O8/c2*1-33-13-19-49(59)61-37-21-25-54(4)35(29-37)32-46-52-42-18-16-40(56(42,6)28-24-44(52)54)34(2)14-20-50(60)62-38-22-26-53(3)36(30-38)31-45(63-47(57)11-9-7-8-10-12-48(58)64-46)51-41-17-15-39(33)55(41,5)27-23-43(51)53/h2*7-8,33-46,51-52H,9-32H2,1-6H3/b2*8-7-/t2*33-,34-,35+,36+,37-,38-,39-,40-,41+,42+,43+,44+,45-,46-,51+,52+,53+,54+,55-,56-/m11/s1. The molecule has 0 radical (unpaired) electrons. The lowest BCUT2D eigenvalue weighted by Gasteiger charge is -2.63. The lowest BCUT2D eigenvalue weighted by atomic mass is 9.43. The monoisotopic (exact) mass is 1770 g/mol. The van der Waals surface area contributed by atoms with E-state index in [2.05, 4.69) is 107 Å². The van der Waals surface area contributed by atoms with Gasteiger partial charge in [-0.25, -0.2) is 0 Å². The van der Waals surface area contributed by atoms with Gasteiger partial charge < -0.3 is 37.9 Å². The third-order valence-corrected chi connectivity index (χ3v) is 45.4. The van der Waals surface area contributed by atoms with E-state index in [0.717, 1.165) is 180 Å². The number of ether oxygens (including phenoxy) is 8. The molecular formula is C112H168O16. The summed E-state index contributed by atoms with van der Waals surface area (Å²) < 4.78 is 52.8. The van der Waals surface area contributed by atoms with Crippen LogP contribution in [0.1, 0.15) is 391 Å². The molecular weight excluding hydrogens is 1600 g/mol. The van der Waals surface area contributed by atoms with Crippen molar-refractivity contribution in [2.75, 3.05) is 0 Å². The number of allylic oxidation sites excluding steroid dienone is 4. The second kappa shape index (κ2) is 36.1. The summed E-state index contributed by atoms with van der Waals surface area (Å²) in [6.45, 7) is 29.9. The Hall–Kier alpha value is -4.76. The second-order valence-corrected chi connectivity index (χ2v) is 50.6. The zero-order valence-electron chi connectivity index (χ0n) is 81.3. The summed E-state index contributed by atoms with van der Waals surface area (Å²) in [6.07, 6.45) is 49.7. The Bertz CT molecular complexity index is 3650. The predicted octanol–water partition coefficient (Wildman–Crippen LogP) is 24.3. The van der Waals surface area contributed by atoms with Crippen LogP contribution in [0.3, 0.4) is 0 Å². The first-order valence-corrected chi connectivity index (χ1v) is 54.1. The predicted molar refractivity (Wildman–Crippen MR) is 490 cm³/mol. The first-order valence-electron chi connectivity index (χ1n) is 54.1. The van der Waals surface area contributed by atoms with E-state index in [9.17, 15) is 38.4 Å². The average Bonchev–Trinajstić information content (AvgIpc) is 1.45. The van der Waals surface area contributed by atoms with Crippen molar-refractivity contribution < 1.29 is 76.3 Å². The minimum atomic E-state index is -0.144. The molecule has 0 aromatic rings. The van der Waals surface area contributed by atoms with Gasteiger partial charge in [0.1, 0.15) is 48.8 Å². The van der Waals surface area contributed by atoms with Crippen LogP contribution in [0.2, 0.25) is 0 Å². The van der Waals surface area contributed by atoms with Crippen LogP contribution in [0.15, 0.2) is 24.3 Å². The Morgan fingerprint density at radius 1 is 0.203 bits per heavy atom. The Morgan fingerprint density at radius 2 is 0.383 bits per heavy atom. The number of fused-ring (bicyclic) bond motifs is 24. The Labute approximate surface area is 769 Å². The van der Waals surface area contributed by atoms with Gasteiger partial charge in [0, 0.05) is 75.0 Å². The van der Waals surface area contributed by atoms with E-state index >= 15 is 0 Å². The molecule has 16 heteroatoms. The lowest BCUT2D eigenvalue weighted by molar-refractivity contribution is -0.200. The summed E-state index contributed by atoms with van der Waals surface area (Å²) in [7, 11) is 0. The minimum Gasteiger partial charge on any atom is -0.462 e. The smallest absolute Gasteiger partial charge is 0.306 e. The largest absolute Gasteiger partial charge is 0.462 e. The van der Waals surface area contributed by atoms with Gasteiger partial charge in [0.25, 0.3) is 0 Å². The molecule has 712 valence electrons. The minimum absolute atomic E-state index is 0.0358. The van der Waals surface area contributed by atoms with E-state index in [0.29, 0.717) is 219 Å². The van der Waals surface area contributed by atoms with Crippen molar-refractivity contribution in [1.29, 1.82) is 0 Å². The number of rotatable bonds is 0. The van der Waals surface area contributed by atoms with Gasteiger partial charge in [0.15, 0.2) is 0 Å². The van der Waals surface area contributed by atoms with E-state index in [4.69, 9.17) is 37.9 Å². The molecule has 0 amide bonds. The average molecular weight is 1770 g/mol. The van der Waals surface area contributed by atoms with Gasteiger partial charge >= 0.3 is 47.8 Å². The lowest BCUT2D eigenvalue weighted by Crippen LogP contribution is -2.59. The van der Waals surface area contributed by atoms with E-state index in [1.54, 1.807) is 0 Å².